The van der Waals surface area contributed by atoms with Gasteiger partial charge >= 0.3 is 6.18 Å². The van der Waals surface area contributed by atoms with Crippen LogP contribution in [0, 0.1) is 5.82 Å². The van der Waals surface area contributed by atoms with Crippen molar-refractivity contribution in [1.82, 2.24) is 10.3 Å². The summed E-state index contributed by atoms with van der Waals surface area (Å²) in [6, 6.07) is 4.84. The number of nitrogens with zero attached hydrogens (tertiary/aromatic N) is 1. The number of nitrogens with two attached hydrogens (primary N) is 1. The third kappa shape index (κ3) is 4.71. The van der Waals surface area contributed by atoms with Gasteiger partial charge in [-0.25, -0.2) is 17.8 Å². The molecule has 0 radical (unpaired) electrons. The van der Waals surface area contributed by atoms with Crippen LogP contribution in [0.1, 0.15) is 10.5 Å². The second-order valence-electron chi connectivity index (χ2n) is 5.33. The molecule has 0 fully saturated rings. The second kappa shape index (κ2) is 7.48. The molecule has 1 heterocycles. The summed E-state index contributed by atoms with van der Waals surface area (Å²) in [6.07, 6.45) is -6.90. The van der Waals surface area contributed by atoms with Gasteiger partial charge in [-0.3, -0.25) is 4.79 Å². The number of carbonyl (C=O) groups excluding carboxylic acids is 1. The van der Waals surface area contributed by atoms with E-state index in [0.29, 0.717) is 0 Å². The van der Waals surface area contributed by atoms with Crippen LogP contribution in [-0.2, 0) is 9.84 Å². The maximum absolute atomic E-state index is 12.9. The van der Waals surface area contributed by atoms with E-state index in [1.54, 1.807) is 5.32 Å². The molecule has 4 N–H and O–H groups in total. The fourth-order valence-corrected chi connectivity index (χ4v) is 3.18. The number of aliphatic hydroxyl groups is 1. The second-order valence-corrected chi connectivity index (χ2v) is 7.28. The molecule has 0 spiro atoms. The van der Waals surface area contributed by atoms with Gasteiger partial charge in [0.1, 0.15) is 5.82 Å². The third-order valence-corrected chi connectivity index (χ3v) is 5.11. The predicted molar refractivity (Wildman–Crippen MR) is 84.9 cm³/mol. The van der Waals surface area contributed by atoms with Gasteiger partial charge in [-0.2, -0.15) is 13.2 Å². The molecule has 0 saturated carbocycles. The number of aromatic nitrogens is 1. The van der Waals surface area contributed by atoms with Crippen LogP contribution in [0.4, 0.5) is 23.2 Å². The van der Waals surface area contributed by atoms with E-state index in [2.05, 4.69) is 4.98 Å². The molecule has 1 unspecified atom stereocenters. The van der Waals surface area contributed by atoms with Crippen molar-refractivity contribution in [3.05, 3.63) is 48.0 Å². The molecule has 7 nitrogen and oxygen atoms in total. The van der Waals surface area contributed by atoms with Crippen LogP contribution in [0.5, 0.6) is 0 Å². The van der Waals surface area contributed by atoms with E-state index in [9.17, 15) is 30.8 Å². The van der Waals surface area contributed by atoms with Gasteiger partial charge in [0.05, 0.1) is 22.0 Å². The molecule has 0 aliphatic heterocycles. The van der Waals surface area contributed by atoms with Crippen LogP contribution in [-0.4, -0.2) is 43.2 Å². The molecule has 1 atom stereocenters. The molecule has 12 heteroatoms. The van der Waals surface area contributed by atoms with Gasteiger partial charge < -0.3 is 16.2 Å². The third-order valence-electron chi connectivity index (χ3n) is 3.38. The highest BCUT2D eigenvalue weighted by molar-refractivity contribution is 7.91. The minimum atomic E-state index is -4.92. The number of carbonyl (C=O) groups is 1. The number of amides is 1. The van der Waals surface area contributed by atoms with E-state index in [1.165, 1.54) is 0 Å². The summed E-state index contributed by atoms with van der Waals surface area (Å²) in [5.74, 6) is -1.76. The van der Waals surface area contributed by atoms with Crippen molar-refractivity contribution in [3.63, 3.8) is 0 Å². The molecule has 0 saturated heterocycles. The van der Waals surface area contributed by atoms with E-state index < -0.39 is 56.7 Å². The summed E-state index contributed by atoms with van der Waals surface area (Å²) in [7, 11) is -4.10. The lowest BCUT2D eigenvalue weighted by molar-refractivity contribution is -0.201. The number of anilines is 1. The number of rotatable bonds is 5. The molecule has 2 aromatic rings. The zero-order valence-electron chi connectivity index (χ0n) is 13.4. The fourth-order valence-electron chi connectivity index (χ4n) is 1.94. The van der Waals surface area contributed by atoms with Crippen LogP contribution < -0.4 is 11.1 Å². The van der Waals surface area contributed by atoms with Crippen LogP contribution in [0.25, 0.3) is 0 Å². The Morgan fingerprint density at radius 3 is 2.33 bits per heavy atom. The molecular weight excluding hydrogens is 394 g/mol. The Morgan fingerprint density at radius 1 is 1.22 bits per heavy atom. The number of nitrogen functional groups attached to an aromatic ring is 1. The van der Waals surface area contributed by atoms with Gasteiger partial charge in [0, 0.05) is 6.20 Å². The smallest absolute Gasteiger partial charge is 0.397 e. The molecule has 27 heavy (non-hydrogen) atoms. The first-order valence-corrected chi connectivity index (χ1v) is 8.70. The number of sulfone groups is 1. The van der Waals surface area contributed by atoms with Gasteiger partial charge in [0.2, 0.25) is 9.84 Å². The number of benzene rings is 1. The number of halogens is 4. The molecule has 146 valence electrons. The Hall–Kier alpha value is -2.73. The first kappa shape index (κ1) is 20.6. The normalized spacial score (nSPS) is 13.2. The van der Waals surface area contributed by atoms with Crippen LogP contribution in [0.3, 0.4) is 0 Å². The number of hydrogen-bond acceptors (Lipinski definition) is 6. The van der Waals surface area contributed by atoms with Gasteiger partial charge in [-0.1, -0.05) is 0 Å². The summed E-state index contributed by atoms with van der Waals surface area (Å²) >= 11 is 0. The summed E-state index contributed by atoms with van der Waals surface area (Å²) in [5, 5.41) is 10.6. The number of hydrogen-bond donors (Lipinski definition) is 3. The number of aliphatic hydroxyl groups excluding tert-OH is 1. The fraction of sp³-hybridized carbons (Fsp3) is 0.200. The summed E-state index contributed by atoms with van der Waals surface area (Å²) < 4.78 is 74.4. The zero-order valence-corrected chi connectivity index (χ0v) is 14.2. The van der Waals surface area contributed by atoms with Crippen molar-refractivity contribution in [3.8, 4) is 0 Å². The Balaban J connectivity index is 2.22. The van der Waals surface area contributed by atoms with Crippen molar-refractivity contribution in [2.75, 3.05) is 12.3 Å². The molecule has 0 aliphatic carbocycles. The molecule has 0 bridgehead atoms. The van der Waals surface area contributed by atoms with Crippen molar-refractivity contribution in [1.29, 1.82) is 0 Å². The average molecular weight is 407 g/mol. The monoisotopic (exact) mass is 407 g/mol. The molecule has 1 aromatic heterocycles. The highest BCUT2D eigenvalue weighted by Gasteiger charge is 2.38. The Morgan fingerprint density at radius 2 is 1.81 bits per heavy atom. The van der Waals surface area contributed by atoms with Crippen LogP contribution >= 0.6 is 0 Å². The van der Waals surface area contributed by atoms with Crippen molar-refractivity contribution in [2.45, 2.75) is 22.1 Å². The topological polar surface area (TPSA) is 122 Å². The lowest BCUT2D eigenvalue weighted by Gasteiger charge is -2.15. The maximum atomic E-state index is 12.9. The molecule has 0 aliphatic rings. The van der Waals surface area contributed by atoms with Crippen molar-refractivity contribution >= 4 is 21.4 Å². The average Bonchev–Trinajstić information content (AvgIpc) is 2.58. The molecular formula is C15H13F4N3O4S. The lowest BCUT2D eigenvalue weighted by atomic mass is 10.2. The predicted octanol–water partition coefficient (Wildman–Crippen LogP) is 1.29. The number of nitrogens with one attached hydrogen (secondary N) is 1. The van der Waals surface area contributed by atoms with Gasteiger partial charge in [0.15, 0.2) is 11.8 Å². The minimum Gasteiger partial charge on any atom is -0.397 e. The summed E-state index contributed by atoms with van der Waals surface area (Å²) in [5.41, 5.74) is 4.66. The Kier molecular flexibility index (Phi) is 5.70. The van der Waals surface area contributed by atoms with Crippen molar-refractivity contribution in [2.24, 2.45) is 0 Å². The van der Waals surface area contributed by atoms with Gasteiger partial charge in [-0.15, -0.1) is 0 Å². The minimum absolute atomic E-state index is 0.240. The molecule has 1 aromatic carbocycles. The van der Waals surface area contributed by atoms with Crippen molar-refractivity contribution < 1.29 is 35.9 Å². The molecule has 2 rings (SSSR count). The first-order chi connectivity index (χ1) is 12.4. The quantitative estimate of drug-likeness (QED) is 0.507. The van der Waals surface area contributed by atoms with E-state index in [-0.39, 0.29) is 4.90 Å². The highest BCUT2D eigenvalue weighted by Crippen LogP contribution is 2.23. The van der Waals surface area contributed by atoms with Crippen LogP contribution in [0.15, 0.2) is 46.3 Å². The summed E-state index contributed by atoms with van der Waals surface area (Å²) in [6.45, 7) is -1.13. The van der Waals surface area contributed by atoms with E-state index >= 15 is 0 Å². The standard InChI is InChI=1S/C15H13F4N3O4S/c16-8-1-3-9(4-2-8)27(25,26)10-5-11(20)13(21-6-10)14(24)22-7-12(23)15(17,18)19/h1-6,12,23H,7,20H2,(H,22,24). The Bertz CT molecular complexity index is 947. The van der Waals surface area contributed by atoms with Crippen LogP contribution in [0.2, 0.25) is 0 Å². The van der Waals surface area contributed by atoms with Gasteiger partial charge in [-0.05, 0) is 30.3 Å². The SMILES string of the molecule is Nc1cc(S(=O)(=O)c2ccc(F)cc2)cnc1C(=O)NCC(O)C(F)(F)F. The van der Waals surface area contributed by atoms with E-state index in [1.807, 2.05) is 0 Å². The Labute approximate surface area is 150 Å². The van der Waals surface area contributed by atoms with E-state index in [4.69, 9.17) is 10.8 Å². The lowest BCUT2D eigenvalue weighted by Crippen LogP contribution is -2.41. The number of alkyl halides is 3. The zero-order chi connectivity index (χ0) is 20.4. The van der Waals surface area contributed by atoms with E-state index in [0.717, 1.165) is 36.5 Å². The molecule has 1 amide bonds. The highest BCUT2D eigenvalue weighted by atomic mass is 32.2. The largest absolute Gasteiger partial charge is 0.416 e. The maximum Gasteiger partial charge on any atom is 0.416 e. The summed E-state index contributed by atoms with van der Waals surface area (Å²) in [4.78, 5) is 14.8. The van der Waals surface area contributed by atoms with Gasteiger partial charge in [0.25, 0.3) is 5.91 Å². The first-order valence-electron chi connectivity index (χ1n) is 7.22. The number of pyridine rings is 1.